The van der Waals surface area contributed by atoms with Crippen molar-refractivity contribution in [2.24, 2.45) is 0 Å². The summed E-state index contributed by atoms with van der Waals surface area (Å²) in [5, 5.41) is 3.83. The van der Waals surface area contributed by atoms with Crippen LogP contribution in [0.4, 0.5) is 11.5 Å². The Balaban J connectivity index is 2.41. The van der Waals surface area contributed by atoms with Crippen LogP contribution in [0.3, 0.4) is 0 Å². The predicted molar refractivity (Wildman–Crippen MR) is 80.5 cm³/mol. The molecule has 1 aromatic carbocycles. The molecular weight excluding hydrogens is 281 g/mol. The first-order chi connectivity index (χ1) is 8.88. The first-order valence-corrected chi connectivity index (χ1v) is 6.68. The van der Waals surface area contributed by atoms with Crippen LogP contribution >= 0.6 is 23.2 Å². The van der Waals surface area contributed by atoms with Crippen LogP contribution in [-0.2, 0) is 5.41 Å². The van der Waals surface area contributed by atoms with Crippen molar-refractivity contribution in [3.8, 4) is 0 Å². The number of aromatic nitrogens is 2. The second kappa shape index (κ2) is 5.35. The van der Waals surface area contributed by atoms with Gasteiger partial charge in [0.05, 0.1) is 6.20 Å². The molecule has 0 bridgehead atoms. The number of halogens is 2. The van der Waals surface area contributed by atoms with Crippen LogP contribution in [0.1, 0.15) is 26.3 Å². The molecule has 1 N–H and O–H groups in total. The lowest BCUT2D eigenvalue weighted by Gasteiger charge is -2.23. The summed E-state index contributed by atoms with van der Waals surface area (Å²) in [6.07, 6.45) is 1.49. The molecule has 100 valence electrons. The summed E-state index contributed by atoms with van der Waals surface area (Å²) in [5.74, 6) is 0.512. The van der Waals surface area contributed by atoms with E-state index in [4.69, 9.17) is 23.2 Å². The lowest BCUT2D eigenvalue weighted by atomic mass is 9.86. The molecule has 0 unspecified atom stereocenters. The van der Waals surface area contributed by atoms with Crippen molar-refractivity contribution in [3.05, 3.63) is 46.3 Å². The van der Waals surface area contributed by atoms with Gasteiger partial charge in [-0.15, -0.1) is 0 Å². The quantitative estimate of drug-likeness (QED) is 0.807. The van der Waals surface area contributed by atoms with E-state index in [2.05, 4.69) is 42.1 Å². The monoisotopic (exact) mass is 295 g/mol. The van der Waals surface area contributed by atoms with Crippen molar-refractivity contribution >= 4 is 34.7 Å². The Kier molecular flexibility index (Phi) is 3.97. The van der Waals surface area contributed by atoms with Crippen LogP contribution in [0.25, 0.3) is 0 Å². The second-order valence-corrected chi connectivity index (χ2v) is 6.00. The number of rotatable bonds is 2. The summed E-state index contributed by atoms with van der Waals surface area (Å²) in [7, 11) is 0. The normalized spacial score (nSPS) is 11.4. The summed E-state index contributed by atoms with van der Waals surface area (Å²) in [6, 6.07) is 8.06. The zero-order valence-corrected chi connectivity index (χ0v) is 12.5. The molecule has 0 saturated carbocycles. The Morgan fingerprint density at radius 2 is 1.79 bits per heavy atom. The first-order valence-electron chi connectivity index (χ1n) is 5.92. The fourth-order valence-corrected chi connectivity index (χ4v) is 2.08. The van der Waals surface area contributed by atoms with Crippen molar-refractivity contribution in [2.45, 2.75) is 26.2 Å². The third-order valence-corrected chi connectivity index (χ3v) is 3.16. The molecule has 0 aliphatic heterocycles. The second-order valence-electron chi connectivity index (χ2n) is 5.26. The number of hydrogen-bond acceptors (Lipinski definition) is 3. The third-order valence-electron chi connectivity index (χ3n) is 2.70. The number of nitrogens with one attached hydrogen (secondary N) is 1. The highest BCUT2D eigenvalue weighted by Gasteiger charge is 2.18. The summed E-state index contributed by atoms with van der Waals surface area (Å²) in [5.41, 5.74) is 2.17. The number of para-hydroxylation sites is 1. The maximum absolute atomic E-state index is 6.07. The van der Waals surface area contributed by atoms with E-state index in [1.54, 1.807) is 0 Å². The Morgan fingerprint density at radius 1 is 1.11 bits per heavy atom. The van der Waals surface area contributed by atoms with Crippen molar-refractivity contribution in [1.82, 2.24) is 9.97 Å². The minimum absolute atomic E-state index is 0.0207. The molecule has 0 saturated heterocycles. The Labute approximate surface area is 123 Å². The van der Waals surface area contributed by atoms with Crippen LogP contribution in [0.15, 0.2) is 30.5 Å². The molecule has 0 radical (unpaired) electrons. The SMILES string of the molecule is CC(C)(C)c1ccccc1Nc1nc(Cl)ncc1Cl. The zero-order chi connectivity index (χ0) is 14.0. The highest BCUT2D eigenvalue weighted by Crippen LogP contribution is 2.32. The molecule has 0 fully saturated rings. The van der Waals surface area contributed by atoms with E-state index in [0.29, 0.717) is 10.8 Å². The van der Waals surface area contributed by atoms with Gasteiger partial charge in [0.1, 0.15) is 5.02 Å². The summed E-state index contributed by atoms with van der Waals surface area (Å²) >= 11 is 11.9. The molecule has 2 aromatic rings. The Bertz CT molecular complexity index is 591. The van der Waals surface area contributed by atoms with Gasteiger partial charge in [-0.3, -0.25) is 0 Å². The average Bonchev–Trinajstić information content (AvgIpc) is 2.33. The summed E-state index contributed by atoms with van der Waals surface area (Å²) < 4.78 is 0. The van der Waals surface area contributed by atoms with Gasteiger partial charge in [0.2, 0.25) is 5.28 Å². The van der Waals surface area contributed by atoms with E-state index in [1.165, 1.54) is 11.8 Å². The van der Waals surface area contributed by atoms with Gasteiger partial charge in [-0.25, -0.2) is 4.98 Å². The number of nitrogens with zero attached hydrogens (tertiary/aromatic N) is 2. The fourth-order valence-electron chi connectivity index (χ4n) is 1.81. The average molecular weight is 296 g/mol. The first kappa shape index (κ1) is 14.1. The fraction of sp³-hybridized carbons (Fsp3) is 0.286. The molecule has 0 aliphatic carbocycles. The van der Waals surface area contributed by atoms with E-state index in [0.717, 1.165) is 5.69 Å². The smallest absolute Gasteiger partial charge is 0.224 e. The minimum atomic E-state index is 0.0207. The van der Waals surface area contributed by atoms with E-state index in [1.807, 2.05) is 18.2 Å². The molecule has 2 rings (SSSR count). The lowest BCUT2D eigenvalue weighted by molar-refractivity contribution is 0.592. The minimum Gasteiger partial charge on any atom is -0.339 e. The van der Waals surface area contributed by atoms with Crippen molar-refractivity contribution in [3.63, 3.8) is 0 Å². The maximum Gasteiger partial charge on any atom is 0.224 e. The summed E-state index contributed by atoms with van der Waals surface area (Å²) in [4.78, 5) is 7.94. The molecule has 0 atom stereocenters. The van der Waals surface area contributed by atoms with E-state index in [9.17, 15) is 0 Å². The van der Waals surface area contributed by atoms with Gasteiger partial charge in [0.15, 0.2) is 5.82 Å². The molecule has 5 heteroatoms. The van der Waals surface area contributed by atoms with Crippen molar-refractivity contribution < 1.29 is 0 Å². The van der Waals surface area contributed by atoms with Gasteiger partial charge < -0.3 is 5.32 Å². The predicted octanol–water partition coefficient (Wildman–Crippen LogP) is 4.82. The van der Waals surface area contributed by atoms with Gasteiger partial charge in [0.25, 0.3) is 0 Å². The lowest BCUT2D eigenvalue weighted by Crippen LogP contribution is -2.13. The van der Waals surface area contributed by atoms with Gasteiger partial charge in [-0.05, 0) is 28.6 Å². The van der Waals surface area contributed by atoms with Gasteiger partial charge >= 0.3 is 0 Å². The third kappa shape index (κ3) is 3.37. The van der Waals surface area contributed by atoms with Gasteiger partial charge in [-0.2, -0.15) is 4.98 Å². The highest BCUT2D eigenvalue weighted by atomic mass is 35.5. The molecule has 0 spiro atoms. The summed E-state index contributed by atoms with van der Waals surface area (Å²) in [6.45, 7) is 6.46. The van der Waals surface area contributed by atoms with Crippen molar-refractivity contribution in [1.29, 1.82) is 0 Å². The molecular formula is C14H15Cl2N3. The van der Waals surface area contributed by atoms with E-state index in [-0.39, 0.29) is 10.7 Å². The van der Waals surface area contributed by atoms with Crippen LogP contribution in [-0.4, -0.2) is 9.97 Å². The standard InChI is InChI=1S/C14H15Cl2N3/c1-14(2,3)9-6-4-5-7-11(9)18-12-10(15)8-17-13(16)19-12/h4-8H,1-3H3,(H,17,18,19). The maximum atomic E-state index is 6.07. The largest absolute Gasteiger partial charge is 0.339 e. The van der Waals surface area contributed by atoms with Crippen LogP contribution in [0.5, 0.6) is 0 Å². The van der Waals surface area contributed by atoms with Crippen LogP contribution in [0.2, 0.25) is 10.3 Å². The zero-order valence-electron chi connectivity index (χ0n) is 11.0. The molecule has 0 amide bonds. The van der Waals surface area contributed by atoms with E-state index >= 15 is 0 Å². The van der Waals surface area contributed by atoms with Crippen LogP contribution < -0.4 is 5.32 Å². The van der Waals surface area contributed by atoms with Gasteiger partial charge in [-0.1, -0.05) is 50.6 Å². The van der Waals surface area contributed by atoms with Crippen molar-refractivity contribution in [2.75, 3.05) is 5.32 Å². The number of hydrogen-bond donors (Lipinski definition) is 1. The van der Waals surface area contributed by atoms with Crippen LogP contribution in [0, 0.1) is 0 Å². The molecule has 19 heavy (non-hydrogen) atoms. The van der Waals surface area contributed by atoms with Gasteiger partial charge in [0, 0.05) is 5.69 Å². The van der Waals surface area contributed by atoms with E-state index < -0.39 is 0 Å². The Hall–Kier alpha value is -1.32. The Morgan fingerprint density at radius 3 is 2.47 bits per heavy atom. The molecule has 3 nitrogen and oxygen atoms in total. The topological polar surface area (TPSA) is 37.8 Å². The number of benzene rings is 1. The highest BCUT2D eigenvalue weighted by molar-refractivity contribution is 6.33. The number of anilines is 2. The molecule has 0 aliphatic rings. The molecule has 1 aromatic heterocycles. The molecule has 1 heterocycles.